The molecule has 2 aromatic rings. The van der Waals surface area contributed by atoms with Gasteiger partial charge < -0.3 is 19.8 Å². The van der Waals surface area contributed by atoms with Gasteiger partial charge in [-0.1, -0.05) is 35.1 Å². The Hall–Kier alpha value is -1.18. The van der Waals surface area contributed by atoms with Crippen LogP contribution in [0.2, 0.25) is 5.02 Å². The van der Waals surface area contributed by atoms with Crippen molar-refractivity contribution < 1.29 is 14.9 Å². The first-order valence-corrected chi connectivity index (χ1v) is 8.26. The number of aliphatic hydroxyl groups excluding tert-OH is 1. The second-order valence-electron chi connectivity index (χ2n) is 5.08. The van der Waals surface area contributed by atoms with Crippen molar-refractivity contribution in [1.82, 2.24) is 4.98 Å². The van der Waals surface area contributed by atoms with E-state index in [-0.39, 0.29) is 0 Å². The SMILES string of the molecule is OC(O)c1sc(N2CCOCC2)nc1Cc1ccc(Cl)cc1. The molecule has 7 heteroatoms. The summed E-state index contributed by atoms with van der Waals surface area (Å²) in [5.41, 5.74) is 1.73. The average Bonchev–Trinajstić information content (AvgIpc) is 2.95. The van der Waals surface area contributed by atoms with Crippen LogP contribution in [0.4, 0.5) is 5.13 Å². The van der Waals surface area contributed by atoms with Crippen LogP contribution in [0.25, 0.3) is 0 Å². The van der Waals surface area contributed by atoms with Gasteiger partial charge in [0, 0.05) is 24.5 Å². The van der Waals surface area contributed by atoms with Crippen LogP contribution in [0.5, 0.6) is 0 Å². The quantitative estimate of drug-likeness (QED) is 0.835. The molecule has 3 rings (SSSR count). The highest BCUT2D eigenvalue weighted by Crippen LogP contribution is 2.32. The maximum atomic E-state index is 9.60. The fourth-order valence-corrected chi connectivity index (χ4v) is 3.50. The highest BCUT2D eigenvalue weighted by atomic mass is 35.5. The fourth-order valence-electron chi connectivity index (χ4n) is 2.36. The number of morpholine rings is 1. The lowest BCUT2D eigenvalue weighted by molar-refractivity contribution is -0.0402. The summed E-state index contributed by atoms with van der Waals surface area (Å²) >= 11 is 7.22. The van der Waals surface area contributed by atoms with Crippen LogP contribution in [0.3, 0.4) is 0 Å². The third-order valence-corrected chi connectivity index (χ3v) is 4.97. The summed E-state index contributed by atoms with van der Waals surface area (Å²) in [5, 5.41) is 20.7. The molecule has 0 radical (unpaired) electrons. The van der Waals surface area contributed by atoms with E-state index < -0.39 is 6.29 Å². The predicted molar refractivity (Wildman–Crippen MR) is 86.6 cm³/mol. The molecule has 1 aromatic carbocycles. The molecule has 2 N–H and O–H groups in total. The van der Waals surface area contributed by atoms with Crippen LogP contribution >= 0.6 is 22.9 Å². The van der Waals surface area contributed by atoms with Gasteiger partial charge in [0.25, 0.3) is 0 Å². The topological polar surface area (TPSA) is 65.8 Å². The van der Waals surface area contributed by atoms with Crippen LogP contribution in [0.15, 0.2) is 24.3 Å². The normalized spacial score (nSPS) is 15.5. The number of thiazole rings is 1. The molecule has 0 unspecified atom stereocenters. The Morgan fingerprint density at radius 1 is 1.23 bits per heavy atom. The first-order valence-electron chi connectivity index (χ1n) is 7.06. The van der Waals surface area contributed by atoms with Crippen LogP contribution in [-0.4, -0.2) is 41.5 Å². The standard InChI is InChI=1S/C15H17ClN2O3S/c16-11-3-1-10(2-4-11)9-12-13(14(19)20)22-15(17-12)18-5-7-21-8-6-18/h1-4,14,19-20H,5-9H2. The summed E-state index contributed by atoms with van der Waals surface area (Å²) in [5.74, 6) is 0. The fraction of sp³-hybridized carbons (Fsp3) is 0.400. The summed E-state index contributed by atoms with van der Waals surface area (Å²) in [6.45, 7) is 2.88. The third-order valence-electron chi connectivity index (χ3n) is 3.52. The highest BCUT2D eigenvalue weighted by Gasteiger charge is 2.21. The lowest BCUT2D eigenvalue weighted by atomic mass is 10.1. The summed E-state index contributed by atoms with van der Waals surface area (Å²) in [4.78, 5) is 7.22. The zero-order valence-electron chi connectivity index (χ0n) is 11.9. The number of rotatable bonds is 4. The van der Waals surface area contributed by atoms with Crippen LogP contribution < -0.4 is 4.90 Å². The maximum Gasteiger partial charge on any atom is 0.189 e. The number of ether oxygens (including phenoxy) is 1. The van der Waals surface area contributed by atoms with Crippen LogP contribution in [0, 0.1) is 0 Å². The van der Waals surface area contributed by atoms with Crippen molar-refractivity contribution in [2.75, 3.05) is 31.2 Å². The summed E-state index contributed by atoms with van der Waals surface area (Å²) < 4.78 is 5.34. The number of anilines is 1. The van der Waals surface area contributed by atoms with Gasteiger partial charge in [-0.25, -0.2) is 4.98 Å². The van der Waals surface area contributed by atoms with Crippen molar-refractivity contribution in [2.45, 2.75) is 12.7 Å². The summed E-state index contributed by atoms with van der Waals surface area (Å²) in [6.07, 6.45) is -0.958. The van der Waals surface area contributed by atoms with Crippen molar-refractivity contribution in [2.24, 2.45) is 0 Å². The number of aliphatic hydroxyl groups is 2. The Morgan fingerprint density at radius 3 is 2.55 bits per heavy atom. The van der Waals surface area contributed by atoms with Crippen molar-refractivity contribution >= 4 is 28.1 Å². The number of hydrogen-bond acceptors (Lipinski definition) is 6. The molecule has 1 fully saturated rings. The number of aromatic nitrogens is 1. The van der Waals surface area contributed by atoms with Gasteiger partial charge in [-0.15, -0.1) is 0 Å². The minimum atomic E-state index is -1.51. The van der Waals surface area contributed by atoms with E-state index in [1.807, 2.05) is 24.3 Å². The number of benzene rings is 1. The van der Waals surface area contributed by atoms with Crippen molar-refractivity contribution in [3.05, 3.63) is 45.4 Å². The zero-order chi connectivity index (χ0) is 15.5. The van der Waals surface area contributed by atoms with Gasteiger partial charge in [0.1, 0.15) is 0 Å². The van der Waals surface area contributed by atoms with E-state index in [1.165, 1.54) is 11.3 Å². The van der Waals surface area contributed by atoms with Gasteiger partial charge in [-0.3, -0.25) is 0 Å². The number of hydrogen-bond donors (Lipinski definition) is 2. The molecule has 22 heavy (non-hydrogen) atoms. The molecule has 0 spiro atoms. The van der Waals surface area contributed by atoms with E-state index in [1.54, 1.807) is 0 Å². The second-order valence-corrected chi connectivity index (χ2v) is 6.53. The van der Waals surface area contributed by atoms with Gasteiger partial charge in [-0.2, -0.15) is 0 Å². The van der Waals surface area contributed by atoms with E-state index in [0.717, 1.165) is 23.8 Å². The molecule has 1 aromatic heterocycles. The third kappa shape index (κ3) is 3.59. The predicted octanol–water partition coefficient (Wildman–Crippen LogP) is 2.21. The van der Waals surface area contributed by atoms with Crippen molar-refractivity contribution in [1.29, 1.82) is 0 Å². The number of halogens is 1. The first-order chi connectivity index (χ1) is 10.6. The molecule has 0 saturated carbocycles. The largest absolute Gasteiger partial charge is 0.378 e. The van der Waals surface area contributed by atoms with Crippen LogP contribution in [0.1, 0.15) is 22.4 Å². The zero-order valence-corrected chi connectivity index (χ0v) is 13.5. The van der Waals surface area contributed by atoms with Crippen molar-refractivity contribution in [3.63, 3.8) is 0 Å². The molecule has 1 saturated heterocycles. The van der Waals surface area contributed by atoms with Gasteiger partial charge in [0.2, 0.25) is 0 Å². The minimum Gasteiger partial charge on any atom is -0.378 e. The molecule has 0 bridgehead atoms. The second kappa shape index (κ2) is 6.93. The van der Waals surface area contributed by atoms with Gasteiger partial charge in [-0.05, 0) is 17.7 Å². The summed E-state index contributed by atoms with van der Waals surface area (Å²) in [6, 6.07) is 7.48. The molecule has 118 valence electrons. The summed E-state index contributed by atoms with van der Waals surface area (Å²) in [7, 11) is 0. The lowest BCUT2D eigenvalue weighted by Crippen LogP contribution is -2.36. The maximum absolute atomic E-state index is 9.60. The molecule has 0 atom stereocenters. The van der Waals surface area contributed by atoms with Crippen molar-refractivity contribution in [3.8, 4) is 0 Å². The van der Waals surface area contributed by atoms with Gasteiger partial charge in [0.05, 0.1) is 23.8 Å². The Balaban J connectivity index is 1.85. The molecular weight excluding hydrogens is 324 g/mol. The first kappa shape index (κ1) is 15.7. The molecular formula is C15H17ClN2O3S. The monoisotopic (exact) mass is 340 g/mol. The Labute approximate surface area is 137 Å². The number of nitrogens with zero attached hydrogens (tertiary/aromatic N) is 2. The van der Waals surface area contributed by atoms with Gasteiger partial charge in [0.15, 0.2) is 11.4 Å². The van der Waals surface area contributed by atoms with E-state index in [0.29, 0.717) is 35.2 Å². The Kier molecular flexibility index (Phi) is 4.95. The van der Waals surface area contributed by atoms with E-state index >= 15 is 0 Å². The minimum absolute atomic E-state index is 0.497. The Bertz CT molecular complexity index is 624. The smallest absolute Gasteiger partial charge is 0.189 e. The molecule has 1 aliphatic heterocycles. The van der Waals surface area contributed by atoms with E-state index in [9.17, 15) is 10.2 Å². The average molecular weight is 341 g/mol. The Morgan fingerprint density at radius 2 is 1.91 bits per heavy atom. The van der Waals surface area contributed by atoms with Gasteiger partial charge >= 0.3 is 0 Å². The van der Waals surface area contributed by atoms with Crippen LogP contribution in [-0.2, 0) is 11.2 Å². The molecule has 0 amide bonds. The van der Waals surface area contributed by atoms with E-state index in [2.05, 4.69) is 9.88 Å². The molecule has 1 aliphatic rings. The molecule has 0 aliphatic carbocycles. The molecule has 2 heterocycles. The highest BCUT2D eigenvalue weighted by molar-refractivity contribution is 7.15. The molecule has 5 nitrogen and oxygen atoms in total. The lowest BCUT2D eigenvalue weighted by Gasteiger charge is -2.26. The van der Waals surface area contributed by atoms with E-state index in [4.69, 9.17) is 16.3 Å².